The molecule has 1 aromatic rings. The fraction of sp³-hybridized carbons (Fsp3) is 0.636. The number of likely N-dealkylation sites (tertiary alicyclic amines) is 1. The van der Waals surface area contributed by atoms with Crippen LogP contribution in [0.3, 0.4) is 0 Å². The van der Waals surface area contributed by atoms with Gasteiger partial charge in [0, 0.05) is 26.2 Å². The lowest BCUT2D eigenvalue weighted by Crippen LogP contribution is -2.48. The van der Waals surface area contributed by atoms with Gasteiger partial charge in [0.2, 0.25) is 0 Å². The molecule has 0 radical (unpaired) electrons. The summed E-state index contributed by atoms with van der Waals surface area (Å²) in [6.45, 7) is 7.83. The van der Waals surface area contributed by atoms with Crippen LogP contribution in [0, 0.1) is 17.8 Å². The Morgan fingerprint density at radius 3 is 2.93 bits per heavy atom. The number of esters is 1. The molecule has 3 unspecified atom stereocenters. The highest BCUT2D eigenvalue weighted by Crippen LogP contribution is 2.61. The third-order valence-corrected chi connectivity index (χ3v) is 6.33. The van der Waals surface area contributed by atoms with E-state index in [2.05, 4.69) is 41.4 Å². The van der Waals surface area contributed by atoms with Crippen molar-refractivity contribution in [2.24, 2.45) is 22.7 Å². The van der Waals surface area contributed by atoms with Gasteiger partial charge >= 0.3 is 5.97 Å². The second-order valence-corrected chi connectivity index (χ2v) is 7.99. The molecule has 0 bridgehead atoms. The summed E-state index contributed by atoms with van der Waals surface area (Å²) in [6.07, 6.45) is 3.14. The number of piperidine rings is 1. The summed E-state index contributed by atoms with van der Waals surface area (Å²) in [5.41, 5.74) is 3.08. The van der Waals surface area contributed by atoms with Gasteiger partial charge in [-0.1, -0.05) is 24.3 Å². The molecule has 5 nitrogen and oxygen atoms in total. The quantitative estimate of drug-likeness (QED) is 0.293. The first-order chi connectivity index (χ1) is 13.2. The maximum Gasteiger partial charge on any atom is 0.310 e. The zero-order chi connectivity index (χ0) is 18.8. The summed E-state index contributed by atoms with van der Waals surface area (Å²) in [5.74, 6) is 3.04. The molecule has 2 aliphatic carbocycles. The SMILES string of the molecule is CCNC(=NCC1C2Cc3ccccc3C12)N1CCC[C@@H](C(=O)OCC)C1.I. The van der Waals surface area contributed by atoms with E-state index < -0.39 is 0 Å². The third kappa shape index (κ3) is 4.31. The van der Waals surface area contributed by atoms with Gasteiger partial charge in [-0.05, 0) is 62.0 Å². The molecule has 2 fully saturated rings. The van der Waals surface area contributed by atoms with Gasteiger partial charge in [-0.3, -0.25) is 9.79 Å². The second kappa shape index (κ2) is 9.46. The van der Waals surface area contributed by atoms with Crippen molar-refractivity contribution in [3.63, 3.8) is 0 Å². The van der Waals surface area contributed by atoms with Crippen molar-refractivity contribution in [2.75, 3.05) is 32.8 Å². The fourth-order valence-electron chi connectivity index (χ4n) is 4.97. The van der Waals surface area contributed by atoms with Crippen molar-refractivity contribution in [1.82, 2.24) is 10.2 Å². The first kappa shape index (κ1) is 21.4. The summed E-state index contributed by atoms with van der Waals surface area (Å²) >= 11 is 0. The Hall–Kier alpha value is -1.31. The van der Waals surface area contributed by atoms with Gasteiger partial charge in [0.1, 0.15) is 0 Å². The van der Waals surface area contributed by atoms with E-state index in [1.807, 2.05) is 6.92 Å². The number of carbonyl (C=O) groups excluding carboxylic acids is 1. The molecule has 28 heavy (non-hydrogen) atoms. The summed E-state index contributed by atoms with van der Waals surface area (Å²) < 4.78 is 5.24. The van der Waals surface area contributed by atoms with Crippen molar-refractivity contribution >= 4 is 35.9 Å². The molecule has 0 amide bonds. The summed E-state index contributed by atoms with van der Waals surface area (Å²) in [4.78, 5) is 19.4. The number of hydrogen-bond donors (Lipinski definition) is 1. The van der Waals surface area contributed by atoms with Crippen molar-refractivity contribution in [1.29, 1.82) is 0 Å². The summed E-state index contributed by atoms with van der Waals surface area (Å²) in [7, 11) is 0. The molecule has 6 heteroatoms. The number of fused-ring (bicyclic) bond motifs is 3. The van der Waals surface area contributed by atoms with E-state index in [-0.39, 0.29) is 35.9 Å². The highest BCUT2D eigenvalue weighted by molar-refractivity contribution is 14.0. The average molecular weight is 497 g/mol. The average Bonchev–Trinajstić information content (AvgIpc) is 3.23. The van der Waals surface area contributed by atoms with Crippen molar-refractivity contribution in [3.05, 3.63) is 35.4 Å². The molecule has 1 N–H and O–H groups in total. The molecule has 3 aliphatic rings. The lowest BCUT2D eigenvalue weighted by Gasteiger charge is -2.34. The topological polar surface area (TPSA) is 53.9 Å². The summed E-state index contributed by atoms with van der Waals surface area (Å²) in [5, 5.41) is 3.44. The van der Waals surface area contributed by atoms with Crippen LogP contribution in [-0.4, -0.2) is 49.6 Å². The monoisotopic (exact) mass is 497 g/mol. The van der Waals surface area contributed by atoms with E-state index in [1.54, 1.807) is 5.56 Å². The Balaban J connectivity index is 0.00000225. The Morgan fingerprint density at radius 2 is 2.14 bits per heavy atom. The van der Waals surface area contributed by atoms with Crippen LogP contribution < -0.4 is 5.32 Å². The minimum absolute atomic E-state index is 0. The number of hydrogen-bond acceptors (Lipinski definition) is 3. The van der Waals surface area contributed by atoms with E-state index >= 15 is 0 Å². The Bertz CT molecular complexity index is 723. The van der Waals surface area contributed by atoms with Crippen LogP contribution in [0.5, 0.6) is 0 Å². The molecule has 1 saturated heterocycles. The van der Waals surface area contributed by atoms with Crippen molar-refractivity contribution in [2.45, 2.75) is 39.0 Å². The van der Waals surface area contributed by atoms with Crippen LogP contribution >= 0.6 is 24.0 Å². The first-order valence-corrected chi connectivity index (χ1v) is 10.5. The number of aliphatic imine (C=N–C) groups is 1. The highest BCUT2D eigenvalue weighted by Gasteiger charge is 2.55. The van der Waals surface area contributed by atoms with Gasteiger partial charge < -0.3 is 15.0 Å². The zero-order valence-corrected chi connectivity index (χ0v) is 19.2. The molecule has 4 rings (SSSR count). The minimum atomic E-state index is -0.0635. The van der Waals surface area contributed by atoms with Crippen molar-refractivity contribution < 1.29 is 9.53 Å². The number of nitrogens with zero attached hydrogens (tertiary/aromatic N) is 2. The first-order valence-electron chi connectivity index (χ1n) is 10.5. The number of rotatable bonds is 5. The molecule has 1 aliphatic heterocycles. The van der Waals surface area contributed by atoms with Gasteiger partial charge in [0.25, 0.3) is 0 Å². The molecule has 1 heterocycles. The summed E-state index contributed by atoms with van der Waals surface area (Å²) in [6, 6.07) is 8.88. The van der Waals surface area contributed by atoms with E-state index in [9.17, 15) is 4.79 Å². The number of halogens is 1. The van der Waals surface area contributed by atoms with Crippen LogP contribution in [0.25, 0.3) is 0 Å². The Kier molecular flexibility index (Phi) is 7.23. The van der Waals surface area contributed by atoms with Gasteiger partial charge in [0.05, 0.1) is 12.5 Å². The number of guanidine groups is 1. The van der Waals surface area contributed by atoms with E-state index in [0.717, 1.165) is 44.4 Å². The van der Waals surface area contributed by atoms with Crippen LogP contribution in [0.15, 0.2) is 29.3 Å². The van der Waals surface area contributed by atoms with E-state index in [1.165, 1.54) is 12.0 Å². The third-order valence-electron chi connectivity index (χ3n) is 6.33. The van der Waals surface area contributed by atoms with Crippen molar-refractivity contribution in [3.8, 4) is 0 Å². The fourth-order valence-corrected chi connectivity index (χ4v) is 4.97. The number of ether oxygens (including phenoxy) is 1. The normalized spacial score (nSPS) is 28.1. The lowest BCUT2D eigenvalue weighted by atomic mass is 9.98. The molecular formula is C22H32IN3O2. The molecule has 0 aromatic heterocycles. The molecule has 1 saturated carbocycles. The highest BCUT2D eigenvalue weighted by atomic mass is 127. The number of benzene rings is 1. The van der Waals surface area contributed by atoms with Crippen LogP contribution in [0.4, 0.5) is 0 Å². The molecule has 4 atom stereocenters. The van der Waals surface area contributed by atoms with Crippen LogP contribution in [0.1, 0.15) is 43.7 Å². The molecule has 0 spiro atoms. The van der Waals surface area contributed by atoms with Gasteiger partial charge in [-0.25, -0.2) is 0 Å². The predicted octanol–water partition coefficient (Wildman–Crippen LogP) is 3.43. The lowest BCUT2D eigenvalue weighted by molar-refractivity contribution is -0.149. The number of nitrogens with one attached hydrogen (secondary N) is 1. The van der Waals surface area contributed by atoms with Gasteiger partial charge in [0.15, 0.2) is 5.96 Å². The van der Waals surface area contributed by atoms with Gasteiger partial charge in [-0.15, -0.1) is 24.0 Å². The second-order valence-electron chi connectivity index (χ2n) is 7.99. The molecular weight excluding hydrogens is 465 g/mol. The van der Waals surface area contributed by atoms with E-state index in [4.69, 9.17) is 9.73 Å². The zero-order valence-electron chi connectivity index (χ0n) is 16.9. The smallest absolute Gasteiger partial charge is 0.310 e. The largest absolute Gasteiger partial charge is 0.466 e. The Labute approximate surface area is 185 Å². The van der Waals surface area contributed by atoms with Crippen LogP contribution in [0.2, 0.25) is 0 Å². The van der Waals surface area contributed by atoms with Gasteiger partial charge in [-0.2, -0.15) is 0 Å². The number of carbonyl (C=O) groups is 1. The van der Waals surface area contributed by atoms with Crippen LogP contribution in [-0.2, 0) is 16.0 Å². The maximum absolute atomic E-state index is 12.1. The molecule has 1 aromatic carbocycles. The maximum atomic E-state index is 12.1. The Morgan fingerprint density at radius 1 is 1.32 bits per heavy atom. The standard InChI is InChI=1S/C22H31N3O2.HI/c1-3-23-22(25-11-7-9-16(14-25)21(26)27-4-2)24-13-19-18-12-15-8-5-6-10-17(15)20(18)19;/h5-6,8,10,16,18-20H,3-4,7,9,11-14H2,1-2H3,(H,23,24);1H/t16-,18?,19?,20?;/m1./s1. The predicted molar refractivity (Wildman–Crippen MR) is 122 cm³/mol. The van der Waals surface area contributed by atoms with E-state index in [0.29, 0.717) is 25.0 Å². The molecule has 154 valence electrons. The minimum Gasteiger partial charge on any atom is -0.466 e.